The molecule has 0 atom stereocenters. The van der Waals surface area contributed by atoms with Gasteiger partial charge in [0, 0.05) is 20.1 Å². The molecule has 0 unspecified atom stereocenters. The summed E-state index contributed by atoms with van der Waals surface area (Å²) in [6.07, 6.45) is 1.31. The van der Waals surface area contributed by atoms with Crippen LogP contribution in [0.3, 0.4) is 0 Å². The highest BCUT2D eigenvalue weighted by Crippen LogP contribution is 2.38. The number of amides is 1. The zero-order valence-electron chi connectivity index (χ0n) is 12.6. The Morgan fingerprint density at radius 3 is 2.90 bits per heavy atom. The van der Waals surface area contributed by atoms with E-state index in [1.54, 1.807) is 7.11 Å². The lowest BCUT2D eigenvalue weighted by atomic mass is 9.78. The number of hydrogen-bond acceptors (Lipinski definition) is 6. The molecule has 0 spiro atoms. The monoisotopic (exact) mass is 311 g/mol. The molecule has 1 aromatic rings. The van der Waals surface area contributed by atoms with Gasteiger partial charge < -0.3 is 15.4 Å². The van der Waals surface area contributed by atoms with Gasteiger partial charge in [-0.3, -0.25) is 9.59 Å². The lowest BCUT2D eigenvalue weighted by Crippen LogP contribution is -2.30. The number of nitrogens with zero attached hydrogens (tertiary/aromatic N) is 1. The number of methoxy groups -OCH3 is 1. The van der Waals surface area contributed by atoms with Gasteiger partial charge in [0.25, 0.3) is 0 Å². The van der Waals surface area contributed by atoms with E-state index in [1.807, 2.05) is 0 Å². The molecule has 0 aliphatic heterocycles. The predicted molar refractivity (Wildman–Crippen MR) is 81.9 cm³/mol. The second-order valence-corrected chi connectivity index (χ2v) is 6.95. The number of rotatable bonds is 6. The molecule has 0 bridgehead atoms. The van der Waals surface area contributed by atoms with E-state index in [4.69, 9.17) is 4.74 Å². The van der Waals surface area contributed by atoms with Gasteiger partial charge in [-0.25, -0.2) is 4.98 Å². The van der Waals surface area contributed by atoms with E-state index in [2.05, 4.69) is 29.5 Å². The Hall–Kier alpha value is -1.31. The van der Waals surface area contributed by atoms with Crippen LogP contribution in [0, 0.1) is 5.41 Å². The summed E-state index contributed by atoms with van der Waals surface area (Å²) in [6, 6.07) is 0. The highest BCUT2D eigenvalue weighted by atomic mass is 32.1. The predicted octanol–water partition coefficient (Wildman–Crippen LogP) is 1.47. The molecule has 7 heteroatoms. The van der Waals surface area contributed by atoms with Crippen molar-refractivity contribution in [2.24, 2.45) is 5.41 Å². The first kappa shape index (κ1) is 16.1. The Morgan fingerprint density at radius 1 is 1.43 bits per heavy atom. The van der Waals surface area contributed by atoms with Gasteiger partial charge in [0.15, 0.2) is 10.9 Å². The summed E-state index contributed by atoms with van der Waals surface area (Å²) in [5.74, 6) is -0.0404. The van der Waals surface area contributed by atoms with Crippen molar-refractivity contribution in [2.75, 3.05) is 32.1 Å². The van der Waals surface area contributed by atoms with Crippen LogP contribution in [-0.4, -0.2) is 43.5 Å². The standard InChI is InChI=1S/C14H21N3O3S/c1-14(2)6-9-12(10(18)7-14)21-13(16-9)17-11(19)8-15-4-5-20-3/h15H,4-8H2,1-3H3,(H,16,17,19). The third-order valence-electron chi connectivity index (χ3n) is 3.25. The van der Waals surface area contributed by atoms with Gasteiger partial charge >= 0.3 is 0 Å². The third-order valence-corrected chi connectivity index (χ3v) is 4.30. The maximum Gasteiger partial charge on any atom is 0.240 e. The average Bonchev–Trinajstić information content (AvgIpc) is 2.75. The van der Waals surface area contributed by atoms with Crippen LogP contribution >= 0.6 is 11.3 Å². The zero-order valence-corrected chi connectivity index (χ0v) is 13.4. The normalized spacial score (nSPS) is 16.6. The Morgan fingerprint density at radius 2 is 2.19 bits per heavy atom. The summed E-state index contributed by atoms with van der Waals surface area (Å²) in [7, 11) is 1.61. The number of ketones is 1. The highest BCUT2D eigenvalue weighted by molar-refractivity contribution is 7.17. The molecular formula is C14H21N3O3S. The van der Waals surface area contributed by atoms with E-state index in [1.165, 1.54) is 11.3 Å². The van der Waals surface area contributed by atoms with Crippen molar-refractivity contribution in [1.29, 1.82) is 0 Å². The number of fused-ring (bicyclic) bond motifs is 1. The molecule has 0 radical (unpaired) electrons. The minimum Gasteiger partial charge on any atom is -0.383 e. The molecule has 2 rings (SSSR count). The van der Waals surface area contributed by atoms with E-state index in [0.717, 1.165) is 12.1 Å². The maximum atomic E-state index is 12.1. The zero-order chi connectivity index (χ0) is 15.5. The van der Waals surface area contributed by atoms with Gasteiger partial charge in [-0.15, -0.1) is 0 Å². The average molecular weight is 311 g/mol. The van der Waals surface area contributed by atoms with Gasteiger partial charge in [-0.05, 0) is 11.8 Å². The van der Waals surface area contributed by atoms with Crippen molar-refractivity contribution in [2.45, 2.75) is 26.7 Å². The Kier molecular flexibility index (Phi) is 5.08. The fourth-order valence-corrected chi connectivity index (χ4v) is 3.25. The van der Waals surface area contributed by atoms with Crippen LogP contribution in [0.2, 0.25) is 0 Å². The Bertz CT molecular complexity index is 540. The molecule has 0 aromatic carbocycles. The molecule has 6 nitrogen and oxygen atoms in total. The van der Waals surface area contributed by atoms with Gasteiger partial charge in [0.1, 0.15) is 0 Å². The van der Waals surface area contributed by atoms with Crippen molar-refractivity contribution in [3.63, 3.8) is 0 Å². The minimum atomic E-state index is -0.163. The van der Waals surface area contributed by atoms with E-state index in [-0.39, 0.29) is 23.7 Å². The molecule has 0 fully saturated rings. The van der Waals surface area contributed by atoms with Crippen molar-refractivity contribution in [1.82, 2.24) is 10.3 Å². The number of carbonyl (C=O) groups excluding carboxylic acids is 2. The van der Waals surface area contributed by atoms with Crippen LogP contribution in [0.5, 0.6) is 0 Å². The summed E-state index contributed by atoms with van der Waals surface area (Å²) >= 11 is 1.27. The van der Waals surface area contributed by atoms with Crippen LogP contribution < -0.4 is 10.6 Å². The lowest BCUT2D eigenvalue weighted by Gasteiger charge is -2.26. The van der Waals surface area contributed by atoms with E-state index >= 15 is 0 Å². The molecule has 116 valence electrons. The summed E-state index contributed by atoms with van der Waals surface area (Å²) in [6.45, 7) is 5.50. The molecule has 1 aliphatic rings. The maximum absolute atomic E-state index is 12.1. The van der Waals surface area contributed by atoms with Gasteiger partial charge in [0.05, 0.1) is 23.7 Å². The molecule has 2 N–H and O–H groups in total. The molecule has 1 heterocycles. The highest BCUT2D eigenvalue weighted by Gasteiger charge is 2.34. The number of Topliss-reactive ketones (excluding diaryl/α,β-unsaturated/α-hetero) is 1. The number of carbonyl (C=O) groups is 2. The molecule has 0 saturated carbocycles. The fourth-order valence-electron chi connectivity index (χ4n) is 2.31. The van der Waals surface area contributed by atoms with Gasteiger partial charge in [-0.1, -0.05) is 25.2 Å². The van der Waals surface area contributed by atoms with E-state index in [9.17, 15) is 9.59 Å². The molecule has 0 saturated heterocycles. The molecular weight excluding hydrogens is 290 g/mol. The number of hydrogen-bond donors (Lipinski definition) is 2. The van der Waals surface area contributed by atoms with E-state index in [0.29, 0.717) is 29.6 Å². The Labute approximate surface area is 128 Å². The quantitative estimate of drug-likeness (QED) is 0.778. The van der Waals surface area contributed by atoms with Crippen LogP contribution in [0.15, 0.2) is 0 Å². The van der Waals surface area contributed by atoms with Crippen LogP contribution in [0.4, 0.5) is 5.13 Å². The largest absolute Gasteiger partial charge is 0.383 e. The first-order valence-electron chi connectivity index (χ1n) is 6.94. The second kappa shape index (κ2) is 6.64. The summed E-state index contributed by atoms with van der Waals surface area (Å²) in [4.78, 5) is 28.9. The van der Waals surface area contributed by atoms with Crippen LogP contribution in [0.1, 0.15) is 35.6 Å². The summed E-state index contributed by atoms with van der Waals surface area (Å²) in [5.41, 5.74) is 0.755. The number of anilines is 1. The first-order valence-corrected chi connectivity index (χ1v) is 7.75. The summed E-state index contributed by atoms with van der Waals surface area (Å²) < 4.78 is 4.89. The van der Waals surface area contributed by atoms with Crippen molar-refractivity contribution in [3.8, 4) is 0 Å². The lowest BCUT2D eigenvalue weighted by molar-refractivity contribution is -0.115. The number of thiazole rings is 1. The number of aromatic nitrogens is 1. The minimum absolute atomic E-state index is 0.0544. The fraction of sp³-hybridized carbons (Fsp3) is 0.643. The first-order chi connectivity index (χ1) is 9.91. The summed E-state index contributed by atoms with van der Waals surface area (Å²) in [5, 5.41) is 6.20. The van der Waals surface area contributed by atoms with Gasteiger partial charge in [-0.2, -0.15) is 0 Å². The Balaban J connectivity index is 1.94. The topological polar surface area (TPSA) is 80.3 Å². The molecule has 21 heavy (non-hydrogen) atoms. The van der Waals surface area contributed by atoms with Crippen molar-refractivity contribution >= 4 is 28.2 Å². The van der Waals surface area contributed by atoms with Crippen molar-refractivity contribution in [3.05, 3.63) is 10.6 Å². The number of ether oxygens (including phenoxy) is 1. The van der Waals surface area contributed by atoms with Crippen LogP contribution in [0.25, 0.3) is 0 Å². The van der Waals surface area contributed by atoms with E-state index < -0.39 is 0 Å². The van der Waals surface area contributed by atoms with Crippen LogP contribution in [-0.2, 0) is 16.0 Å². The SMILES string of the molecule is COCCNCC(=O)Nc1nc2c(s1)C(=O)CC(C)(C)C2. The van der Waals surface area contributed by atoms with Crippen molar-refractivity contribution < 1.29 is 14.3 Å². The van der Waals surface area contributed by atoms with Gasteiger partial charge in [0.2, 0.25) is 5.91 Å². The third kappa shape index (κ3) is 4.33. The molecule has 1 amide bonds. The molecule has 1 aliphatic carbocycles. The number of nitrogens with one attached hydrogen (secondary N) is 2. The molecule has 1 aromatic heterocycles. The second-order valence-electron chi connectivity index (χ2n) is 5.95. The smallest absolute Gasteiger partial charge is 0.240 e.